The summed E-state index contributed by atoms with van der Waals surface area (Å²) in [5, 5.41) is 2.43. The molecular formula is C64H50N2. The highest BCUT2D eigenvalue weighted by Gasteiger charge is 2.38. The monoisotopic (exact) mass is 846 g/mol. The maximum Gasteiger partial charge on any atom is 0.0540 e. The molecule has 2 nitrogen and oxygen atoms in total. The van der Waals surface area contributed by atoms with Gasteiger partial charge in [-0.15, -0.1) is 0 Å². The normalized spacial score (nSPS) is 13.7. The molecule has 2 aliphatic carbocycles. The molecule has 0 fully saturated rings. The zero-order valence-corrected chi connectivity index (χ0v) is 37.8. The van der Waals surface area contributed by atoms with E-state index in [1.807, 2.05) is 0 Å². The molecule has 0 atom stereocenters. The van der Waals surface area contributed by atoms with Crippen LogP contribution in [-0.2, 0) is 10.8 Å². The van der Waals surface area contributed by atoms with Gasteiger partial charge >= 0.3 is 0 Å². The number of benzene rings is 10. The van der Waals surface area contributed by atoms with Crippen LogP contribution in [0.2, 0.25) is 0 Å². The Kier molecular flexibility index (Phi) is 9.22. The van der Waals surface area contributed by atoms with Crippen molar-refractivity contribution in [1.82, 2.24) is 0 Å². The van der Waals surface area contributed by atoms with Crippen LogP contribution in [0.5, 0.6) is 0 Å². The molecule has 0 aromatic heterocycles. The maximum absolute atomic E-state index is 2.48. The summed E-state index contributed by atoms with van der Waals surface area (Å²) in [5.74, 6) is 0. The Morgan fingerprint density at radius 2 is 0.758 bits per heavy atom. The number of fused-ring (bicyclic) bond motifs is 7. The highest BCUT2D eigenvalue weighted by atomic mass is 15.2. The highest BCUT2D eigenvalue weighted by molar-refractivity contribution is 6.01. The third kappa shape index (κ3) is 6.31. The molecule has 2 aliphatic rings. The van der Waals surface area contributed by atoms with Gasteiger partial charge in [0.1, 0.15) is 0 Å². The fourth-order valence-corrected chi connectivity index (χ4v) is 11.1. The minimum Gasteiger partial charge on any atom is -0.310 e. The summed E-state index contributed by atoms with van der Waals surface area (Å²) in [6.07, 6.45) is 0. The number of hydrogen-bond acceptors (Lipinski definition) is 2. The second-order valence-electron chi connectivity index (χ2n) is 19.0. The molecule has 10 aromatic carbocycles. The molecule has 316 valence electrons. The summed E-state index contributed by atoms with van der Waals surface area (Å²) >= 11 is 0. The lowest BCUT2D eigenvalue weighted by atomic mass is 9.82. The van der Waals surface area contributed by atoms with Crippen LogP contribution in [-0.4, -0.2) is 0 Å². The van der Waals surface area contributed by atoms with Gasteiger partial charge in [0, 0.05) is 44.5 Å². The molecule has 0 unspecified atom stereocenters. The predicted octanol–water partition coefficient (Wildman–Crippen LogP) is 17.7. The quantitative estimate of drug-likeness (QED) is 0.150. The van der Waals surface area contributed by atoms with E-state index in [0.29, 0.717) is 0 Å². The van der Waals surface area contributed by atoms with Crippen LogP contribution in [0.25, 0.3) is 55.3 Å². The fraction of sp³-hybridized carbons (Fsp3) is 0.0938. The summed E-state index contributed by atoms with van der Waals surface area (Å²) in [6, 6.07) is 85.1. The number of rotatable bonds is 8. The highest BCUT2D eigenvalue weighted by Crippen LogP contribution is 2.55. The molecule has 0 saturated heterocycles. The lowest BCUT2D eigenvalue weighted by molar-refractivity contribution is 0.660. The van der Waals surface area contributed by atoms with Gasteiger partial charge in [-0.1, -0.05) is 198 Å². The SMILES string of the molecule is CC1(C)c2ccccc2-c2cc(N(c3cccc(-c4ccccc4)c3)c3ccc4c(c3)C(C)(C)c3cc(N(c5ccccc5-c5ccccc5)c5cccc6ccccc56)ccc3-4)ccc21. The van der Waals surface area contributed by atoms with Crippen LogP contribution in [0, 0.1) is 0 Å². The van der Waals surface area contributed by atoms with Crippen molar-refractivity contribution in [3.63, 3.8) is 0 Å². The molecular weight excluding hydrogens is 797 g/mol. The molecule has 0 radical (unpaired) electrons. The number of para-hydroxylation sites is 1. The van der Waals surface area contributed by atoms with Crippen LogP contribution in [0.1, 0.15) is 49.9 Å². The molecule has 10 aromatic rings. The first-order valence-corrected chi connectivity index (χ1v) is 23.2. The first kappa shape index (κ1) is 39.6. The molecule has 0 N–H and O–H groups in total. The Labute approximate surface area is 388 Å². The Bertz CT molecular complexity index is 3480. The molecule has 66 heavy (non-hydrogen) atoms. The molecule has 0 aliphatic heterocycles. The van der Waals surface area contributed by atoms with Gasteiger partial charge in [-0.2, -0.15) is 0 Å². The molecule has 0 bridgehead atoms. The second kappa shape index (κ2) is 15.4. The van der Waals surface area contributed by atoms with Crippen LogP contribution < -0.4 is 9.80 Å². The number of nitrogens with zero attached hydrogens (tertiary/aromatic N) is 2. The summed E-state index contributed by atoms with van der Waals surface area (Å²) in [7, 11) is 0. The maximum atomic E-state index is 2.48. The van der Waals surface area contributed by atoms with Gasteiger partial charge in [-0.05, 0) is 127 Å². The van der Waals surface area contributed by atoms with Crippen LogP contribution in [0.3, 0.4) is 0 Å². The predicted molar refractivity (Wildman–Crippen MR) is 279 cm³/mol. The fourth-order valence-electron chi connectivity index (χ4n) is 11.1. The Morgan fingerprint density at radius 3 is 1.52 bits per heavy atom. The second-order valence-corrected chi connectivity index (χ2v) is 19.0. The van der Waals surface area contributed by atoms with Crippen molar-refractivity contribution >= 4 is 44.9 Å². The van der Waals surface area contributed by atoms with E-state index in [1.54, 1.807) is 0 Å². The van der Waals surface area contributed by atoms with E-state index in [9.17, 15) is 0 Å². The van der Waals surface area contributed by atoms with Gasteiger partial charge in [0.2, 0.25) is 0 Å². The Balaban J connectivity index is 1.01. The van der Waals surface area contributed by atoms with E-state index >= 15 is 0 Å². The average molecular weight is 847 g/mol. The zero-order valence-electron chi connectivity index (χ0n) is 37.8. The molecule has 0 spiro atoms. The summed E-state index contributed by atoms with van der Waals surface area (Å²) < 4.78 is 0. The van der Waals surface area contributed by atoms with Gasteiger partial charge in [-0.25, -0.2) is 0 Å². The van der Waals surface area contributed by atoms with Crippen molar-refractivity contribution in [3.05, 3.63) is 253 Å². The van der Waals surface area contributed by atoms with E-state index in [2.05, 4.69) is 268 Å². The van der Waals surface area contributed by atoms with Crippen LogP contribution in [0.4, 0.5) is 34.1 Å². The Hall–Kier alpha value is -7.94. The van der Waals surface area contributed by atoms with Crippen molar-refractivity contribution in [2.24, 2.45) is 0 Å². The molecule has 0 saturated carbocycles. The van der Waals surface area contributed by atoms with E-state index in [1.165, 1.54) is 77.5 Å². The standard InChI is InChI=1S/C64H50N2/c1-63(2)57-30-15-13-29-53(57)56-40-48(35-38-58(56)63)65(47-26-17-25-46(39-47)43-19-7-5-8-20-43)49-33-36-54-55-37-34-50(42-60(55)64(3,4)59(54)41-49)66(62-32-18-24-45-23-11-12-27-52(45)62)61-31-16-14-28-51(61)44-21-9-6-10-22-44/h5-42H,1-4H3. The van der Waals surface area contributed by atoms with Crippen LogP contribution in [0.15, 0.2) is 231 Å². The molecule has 0 heterocycles. The Morgan fingerprint density at radius 1 is 0.273 bits per heavy atom. The zero-order chi connectivity index (χ0) is 44.6. The van der Waals surface area contributed by atoms with E-state index in [-0.39, 0.29) is 10.8 Å². The first-order valence-electron chi connectivity index (χ1n) is 23.2. The van der Waals surface area contributed by atoms with E-state index in [4.69, 9.17) is 0 Å². The van der Waals surface area contributed by atoms with Crippen molar-refractivity contribution in [1.29, 1.82) is 0 Å². The smallest absolute Gasteiger partial charge is 0.0540 e. The summed E-state index contributed by atoms with van der Waals surface area (Å²) in [5.41, 5.74) is 21.8. The van der Waals surface area contributed by atoms with Gasteiger partial charge < -0.3 is 9.80 Å². The topological polar surface area (TPSA) is 6.48 Å². The van der Waals surface area contributed by atoms with E-state index in [0.717, 1.165) is 34.1 Å². The van der Waals surface area contributed by atoms with Gasteiger partial charge in [-0.3, -0.25) is 0 Å². The van der Waals surface area contributed by atoms with Crippen molar-refractivity contribution in [2.75, 3.05) is 9.80 Å². The van der Waals surface area contributed by atoms with Gasteiger partial charge in [0.15, 0.2) is 0 Å². The molecule has 0 amide bonds. The minimum atomic E-state index is -0.293. The largest absolute Gasteiger partial charge is 0.310 e. The third-order valence-electron chi connectivity index (χ3n) is 14.4. The van der Waals surface area contributed by atoms with Crippen molar-refractivity contribution in [2.45, 2.75) is 38.5 Å². The van der Waals surface area contributed by atoms with Gasteiger partial charge in [0.05, 0.1) is 11.4 Å². The number of hydrogen-bond donors (Lipinski definition) is 0. The average Bonchev–Trinajstić information content (AvgIpc) is 3.73. The first-order chi connectivity index (χ1) is 32.3. The lowest BCUT2D eigenvalue weighted by Gasteiger charge is -2.31. The summed E-state index contributed by atoms with van der Waals surface area (Å²) in [4.78, 5) is 4.94. The van der Waals surface area contributed by atoms with Crippen molar-refractivity contribution in [3.8, 4) is 44.5 Å². The van der Waals surface area contributed by atoms with E-state index < -0.39 is 0 Å². The minimum absolute atomic E-state index is 0.0719. The summed E-state index contributed by atoms with van der Waals surface area (Å²) in [6.45, 7) is 9.52. The molecule has 12 rings (SSSR count). The van der Waals surface area contributed by atoms with Gasteiger partial charge in [0.25, 0.3) is 0 Å². The lowest BCUT2D eigenvalue weighted by Crippen LogP contribution is -2.18. The molecule has 2 heteroatoms. The number of anilines is 6. The van der Waals surface area contributed by atoms with Crippen LogP contribution >= 0.6 is 0 Å². The van der Waals surface area contributed by atoms with Crippen molar-refractivity contribution < 1.29 is 0 Å². The third-order valence-corrected chi connectivity index (χ3v) is 14.4.